The van der Waals surface area contributed by atoms with Crippen molar-refractivity contribution in [2.45, 2.75) is 32.7 Å². The van der Waals surface area contributed by atoms with Crippen LogP contribution in [0.15, 0.2) is 12.5 Å². The maximum absolute atomic E-state index is 12.3. The first-order chi connectivity index (χ1) is 8.13. The summed E-state index contributed by atoms with van der Waals surface area (Å²) in [6.45, 7) is 5.24. The van der Waals surface area contributed by atoms with Gasteiger partial charge in [0.25, 0.3) is 5.91 Å². The number of hydrogen-bond acceptors (Lipinski definition) is 3. The molecule has 0 atom stereocenters. The average Bonchev–Trinajstić information content (AvgIpc) is 2.75. The normalized spacial score (nSPS) is 10.9. The highest BCUT2D eigenvalue weighted by Gasteiger charge is 2.23. The zero-order valence-electron chi connectivity index (χ0n) is 10.9. The molecule has 0 saturated carbocycles. The lowest BCUT2D eigenvalue weighted by molar-refractivity contribution is 0.0668. The Hall–Kier alpha value is -1.36. The van der Waals surface area contributed by atoms with Gasteiger partial charge in [0.15, 0.2) is 0 Å². The van der Waals surface area contributed by atoms with E-state index >= 15 is 0 Å². The van der Waals surface area contributed by atoms with Crippen LogP contribution in [0.5, 0.6) is 0 Å². The summed E-state index contributed by atoms with van der Waals surface area (Å²) < 4.78 is 1.78. The highest BCUT2D eigenvalue weighted by Crippen LogP contribution is 2.12. The van der Waals surface area contributed by atoms with E-state index in [-0.39, 0.29) is 11.9 Å². The molecule has 1 amide bonds. The third-order valence-electron chi connectivity index (χ3n) is 2.94. The minimum Gasteiger partial charge on any atom is -0.340 e. The van der Waals surface area contributed by atoms with Gasteiger partial charge in [0.2, 0.25) is 0 Å². The number of nitrogens with zero attached hydrogens (tertiary/aromatic N) is 3. The van der Waals surface area contributed by atoms with E-state index in [1.165, 1.54) is 0 Å². The van der Waals surface area contributed by atoms with Gasteiger partial charge in [-0.25, -0.2) is 4.98 Å². The first kappa shape index (κ1) is 13.7. The van der Waals surface area contributed by atoms with Crippen LogP contribution in [0.1, 0.15) is 37.2 Å². The molecular formula is C12H22N4O. The van der Waals surface area contributed by atoms with Crippen LogP contribution in [0, 0.1) is 0 Å². The molecule has 0 aliphatic heterocycles. The number of imidazole rings is 1. The van der Waals surface area contributed by atoms with Crippen LogP contribution in [0.3, 0.4) is 0 Å². The summed E-state index contributed by atoms with van der Waals surface area (Å²) in [6, 6.07) is 0.244. The van der Waals surface area contributed by atoms with E-state index in [4.69, 9.17) is 5.73 Å². The van der Waals surface area contributed by atoms with Gasteiger partial charge in [0, 0.05) is 32.4 Å². The van der Waals surface area contributed by atoms with Crippen LogP contribution in [0.4, 0.5) is 0 Å². The summed E-state index contributed by atoms with van der Waals surface area (Å²) >= 11 is 0. The number of rotatable bonds is 6. The zero-order valence-corrected chi connectivity index (χ0v) is 10.9. The summed E-state index contributed by atoms with van der Waals surface area (Å²) in [6.07, 6.45) is 5.26. The summed E-state index contributed by atoms with van der Waals surface area (Å²) in [5.41, 5.74) is 6.07. The van der Waals surface area contributed by atoms with E-state index in [9.17, 15) is 4.79 Å². The minimum absolute atomic E-state index is 0.0234. The molecular weight excluding hydrogens is 216 g/mol. The van der Waals surface area contributed by atoms with Crippen molar-refractivity contribution >= 4 is 5.91 Å². The molecule has 0 saturated heterocycles. The average molecular weight is 238 g/mol. The zero-order chi connectivity index (χ0) is 12.8. The minimum atomic E-state index is -0.0234. The summed E-state index contributed by atoms with van der Waals surface area (Å²) in [7, 11) is 1.86. The van der Waals surface area contributed by atoms with Crippen LogP contribution in [0.2, 0.25) is 0 Å². The number of hydrogen-bond donors (Lipinski definition) is 1. The van der Waals surface area contributed by atoms with Gasteiger partial charge in [-0.3, -0.25) is 4.79 Å². The molecule has 0 bridgehead atoms. The molecule has 0 unspecified atom stereocenters. The molecule has 1 heterocycles. The molecule has 0 aliphatic rings. The quantitative estimate of drug-likeness (QED) is 0.804. The van der Waals surface area contributed by atoms with Crippen molar-refractivity contribution in [2.24, 2.45) is 12.8 Å². The molecule has 1 aromatic heterocycles. The SMILES string of the molecule is CCC(CC)N(CCN)C(=O)c1cn(C)cn1. The van der Waals surface area contributed by atoms with Crippen molar-refractivity contribution < 1.29 is 4.79 Å². The lowest BCUT2D eigenvalue weighted by atomic mass is 10.1. The first-order valence-electron chi connectivity index (χ1n) is 6.13. The Morgan fingerprint density at radius 2 is 2.18 bits per heavy atom. The van der Waals surface area contributed by atoms with E-state index in [2.05, 4.69) is 18.8 Å². The smallest absolute Gasteiger partial charge is 0.274 e. The van der Waals surface area contributed by atoms with Gasteiger partial charge in [-0.15, -0.1) is 0 Å². The lowest BCUT2D eigenvalue weighted by Gasteiger charge is -2.29. The molecule has 0 radical (unpaired) electrons. The second-order valence-electron chi connectivity index (χ2n) is 4.18. The Labute approximate surface area is 103 Å². The number of carbonyl (C=O) groups excluding carboxylic acids is 1. The number of nitrogens with two attached hydrogens (primary N) is 1. The standard InChI is InChI=1S/C12H22N4O/c1-4-10(5-2)16(7-6-13)12(17)11-8-15(3)9-14-11/h8-10H,4-7,13H2,1-3H3. The van der Waals surface area contributed by atoms with Gasteiger partial charge in [0.1, 0.15) is 5.69 Å². The Morgan fingerprint density at radius 3 is 2.59 bits per heavy atom. The Bertz CT molecular complexity index is 357. The molecule has 5 heteroatoms. The fourth-order valence-corrected chi connectivity index (χ4v) is 1.99. The number of aryl methyl sites for hydroxylation is 1. The molecule has 0 aliphatic carbocycles. The van der Waals surface area contributed by atoms with Gasteiger partial charge in [-0.05, 0) is 12.8 Å². The molecule has 0 aromatic carbocycles. The largest absolute Gasteiger partial charge is 0.340 e. The third kappa shape index (κ3) is 3.30. The molecule has 96 valence electrons. The van der Waals surface area contributed by atoms with Crippen molar-refractivity contribution in [3.05, 3.63) is 18.2 Å². The van der Waals surface area contributed by atoms with Crippen molar-refractivity contribution in [1.82, 2.24) is 14.5 Å². The van der Waals surface area contributed by atoms with Crippen molar-refractivity contribution in [1.29, 1.82) is 0 Å². The summed E-state index contributed by atoms with van der Waals surface area (Å²) in [4.78, 5) is 18.2. The molecule has 1 rings (SSSR count). The second-order valence-corrected chi connectivity index (χ2v) is 4.18. The fraction of sp³-hybridized carbons (Fsp3) is 0.667. The first-order valence-corrected chi connectivity index (χ1v) is 6.13. The monoisotopic (exact) mass is 238 g/mol. The maximum Gasteiger partial charge on any atom is 0.274 e. The van der Waals surface area contributed by atoms with Crippen molar-refractivity contribution in [2.75, 3.05) is 13.1 Å². The Morgan fingerprint density at radius 1 is 1.53 bits per heavy atom. The Kier molecular flexibility index (Phi) is 5.15. The van der Waals surface area contributed by atoms with Crippen LogP contribution in [-0.2, 0) is 7.05 Å². The Balaban J connectivity index is 2.86. The van der Waals surface area contributed by atoms with E-state index < -0.39 is 0 Å². The molecule has 2 N–H and O–H groups in total. The van der Waals surface area contributed by atoms with Crippen LogP contribution in [0.25, 0.3) is 0 Å². The topological polar surface area (TPSA) is 64.2 Å². The number of aromatic nitrogens is 2. The highest BCUT2D eigenvalue weighted by molar-refractivity contribution is 5.92. The molecule has 1 aromatic rings. The van der Waals surface area contributed by atoms with Gasteiger partial charge in [-0.2, -0.15) is 0 Å². The maximum atomic E-state index is 12.3. The van der Waals surface area contributed by atoms with E-state index in [0.29, 0.717) is 18.8 Å². The van der Waals surface area contributed by atoms with E-state index in [1.807, 2.05) is 11.9 Å². The van der Waals surface area contributed by atoms with E-state index in [1.54, 1.807) is 17.1 Å². The molecule has 17 heavy (non-hydrogen) atoms. The second kappa shape index (κ2) is 6.39. The predicted octanol–water partition coefficient (Wildman–Crippen LogP) is 1.01. The van der Waals surface area contributed by atoms with Gasteiger partial charge >= 0.3 is 0 Å². The highest BCUT2D eigenvalue weighted by atomic mass is 16.2. The van der Waals surface area contributed by atoms with Crippen LogP contribution >= 0.6 is 0 Å². The fourth-order valence-electron chi connectivity index (χ4n) is 1.99. The third-order valence-corrected chi connectivity index (χ3v) is 2.94. The van der Waals surface area contributed by atoms with Crippen molar-refractivity contribution in [3.63, 3.8) is 0 Å². The van der Waals surface area contributed by atoms with Crippen molar-refractivity contribution in [3.8, 4) is 0 Å². The lowest BCUT2D eigenvalue weighted by Crippen LogP contribution is -2.42. The van der Waals surface area contributed by atoms with Crippen LogP contribution < -0.4 is 5.73 Å². The van der Waals surface area contributed by atoms with Gasteiger partial charge in [-0.1, -0.05) is 13.8 Å². The number of amides is 1. The molecule has 0 fully saturated rings. The van der Waals surface area contributed by atoms with Crippen LogP contribution in [-0.4, -0.2) is 39.5 Å². The summed E-state index contributed by atoms with van der Waals surface area (Å²) in [5.74, 6) is -0.0234. The molecule has 5 nitrogen and oxygen atoms in total. The van der Waals surface area contributed by atoms with E-state index in [0.717, 1.165) is 12.8 Å². The van der Waals surface area contributed by atoms with Gasteiger partial charge < -0.3 is 15.2 Å². The predicted molar refractivity (Wildman–Crippen MR) is 67.7 cm³/mol. The van der Waals surface area contributed by atoms with Gasteiger partial charge in [0.05, 0.1) is 6.33 Å². The summed E-state index contributed by atoms with van der Waals surface area (Å²) in [5, 5.41) is 0. The molecule has 0 spiro atoms. The number of carbonyl (C=O) groups is 1.